The SMILES string of the molecule is CC(C)CCNC(=O)CNc1ccc(F)c(C#N)c1. The van der Waals surface area contributed by atoms with Crippen LogP contribution in [-0.4, -0.2) is 19.0 Å². The number of carbonyl (C=O) groups excluding carboxylic acids is 1. The molecule has 0 aromatic heterocycles. The van der Waals surface area contributed by atoms with Gasteiger partial charge in [0.05, 0.1) is 12.1 Å². The van der Waals surface area contributed by atoms with Gasteiger partial charge in [-0.3, -0.25) is 4.79 Å². The van der Waals surface area contributed by atoms with Gasteiger partial charge < -0.3 is 10.6 Å². The van der Waals surface area contributed by atoms with Gasteiger partial charge in [0.2, 0.25) is 5.91 Å². The van der Waals surface area contributed by atoms with Crippen molar-refractivity contribution in [2.75, 3.05) is 18.4 Å². The molecule has 102 valence electrons. The van der Waals surface area contributed by atoms with Crippen LogP contribution in [-0.2, 0) is 4.79 Å². The third-order valence-electron chi connectivity index (χ3n) is 2.58. The molecule has 0 aliphatic rings. The van der Waals surface area contributed by atoms with Gasteiger partial charge in [0.1, 0.15) is 11.9 Å². The van der Waals surface area contributed by atoms with Gasteiger partial charge in [0, 0.05) is 12.2 Å². The average molecular weight is 263 g/mol. The van der Waals surface area contributed by atoms with Crippen LogP contribution in [0.25, 0.3) is 0 Å². The van der Waals surface area contributed by atoms with Gasteiger partial charge in [-0.05, 0) is 30.5 Å². The Bertz CT molecular complexity index is 480. The number of carbonyl (C=O) groups is 1. The molecule has 1 rings (SSSR count). The van der Waals surface area contributed by atoms with E-state index in [0.29, 0.717) is 18.2 Å². The highest BCUT2D eigenvalue weighted by molar-refractivity contribution is 5.80. The van der Waals surface area contributed by atoms with Crippen molar-refractivity contribution in [2.45, 2.75) is 20.3 Å². The lowest BCUT2D eigenvalue weighted by Gasteiger charge is -2.09. The van der Waals surface area contributed by atoms with E-state index in [1.807, 2.05) is 0 Å². The second-order valence-electron chi connectivity index (χ2n) is 4.69. The number of benzene rings is 1. The van der Waals surface area contributed by atoms with Crippen molar-refractivity contribution in [3.63, 3.8) is 0 Å². The predicted octanol–water partition coefficient (Wildman–Crippen LogP) is 2.27. The fraction of sp³-hybridized carbons (Fsp3) is 0.429. The van der Waals surface area contributed by atoms with Gasteiger partial charge in [0.15, 0.2) is 0 Å². The fourth-order valence-electron chi connectivity index (χ4n) is 1.47. The summed E-state index contributed by atoms with van der Waals surface area (Å²) in [5.74, 6) is -0.138. The number of amides is 1. The van der Waals surface area contributed by atoms with Gasteiger partial charge in [-0.25, -0.2) is 4.39 Å². The summed E-state index contributed by atoms with van der Waals surface area (Å²) in [5.41, 5.74) is 0.516. The highest BCUT2D eigenvalue weighted by Gasteiger charge is 2.04. The summed E-state index contributed by atoms with van der Waals surface area (Å²) in [5, 5.41) is 14.3. The van der Waals surface area contributed by atoms with Gasteiger partial charge in [-0.15, -0.1) is 0 Å². The molecule has 1 amide bonds. The zero-order chi connectivity index (χ0) is 14.3. The monoisotopic (exact) mass is 263 g/mol. The summed E-state index contributed by atoms with van der Waals surface area (Å²) < 4.78 is 13.1. The minimum atomic E-state index is -0.561. The van der Waals surface area contributed by atoms with Crippen molar-refractivity contribution >= 4 is 11.6 Å². The summed E-state index contributed by atoms with van der Waals surface area (Å²) in [6.45, 7) is 4.93. The first-order valence-corrected chi connectivity index (χ1v) is 6.23. The first kappa shape index (κ1) is 15.0. The van der Waals surface area contributed by atoms with Crippen LogP contribution in [0.4, 0.5) is 10.1 Å². The van der Waals surface area contributed by atoms with E-state index in [4.69, 9.17) is 5.26 Å². The molecule has 0 radical (unpaired) electrons. The molecule has 0 bridgehead atoms. The zero-order valence-electron chi connectivity index (χ0n) is 11.2. The van der Waals surface area contributed by atoms with E-state index in [9.17, 15) is 9.18 Å². The number of hydrogen-bond acceptors (Lipinski definition) is 3. The molecule has 1 aromatic rings. The molecule has 19 heavy (non-hydrogen) atoms. The highest BCUT2D eigenvalue weighted by Crippen LogP contribution is 2.13. The molecule has 0 unspecified atom stereocenters. The van der Waals surface area contributed by atoms with E-state index in [0.717, 1.165) is 6.42 Å². The molecule has 0 fully saturated rings. The van der Waals surface area contributed by atoms with E-state index in [-0.39, 0.29) is 18.0 Å². The molecule has 0 spiro atoms. The molecular formula is C14H18FN3O. The summed E-state index contributed by atoms with van der Waals surface area (Å²) in [4.78, 5) is 11.5. The molecule has 0 heterocycles. The normalized spacial score (nSPS) is 10.1. The molecular weight excluding hydrogens is 245 g/mol. The molecule has 0 saturated carbocycles. The van der Waals surface area contributed by atoms with Gasteiger partial charge >= 0.3 is 0 Å². The number of nitrogens with zero attached hydrogens (tertiary/aromatic N) is 1. The Kier molecular flexibility index (Phi) is 5.80. The quantitative estimate of drug-likeness (QED) is 0.827. The Hall–Kier alpha value is -2.09. The minimum Gasteiger partial charge on any atom is -0.376 e. The lowest BCUT2D eigenvalue weighted by molar-refractivity contribution is -0.119. The van der Waals surface area contributed by atoms with E-state index in [1.165, 1.54) is 18.2 Å². The van der Waals surface area contributed by atoms with Gasteiger partial charge in [0.25, 0.3) is 0 Å². The number of halogens is 1. The van der Waals surface area contributed by atoms with E-state index >= 15 is 0 Å². The first-order chi connectivity index (χ1) is 9.02. The first-order valence-electron chi connectivity index (χ1n) is 6.23. The van der Waals surface area contributed by atoms with E-state index < -0.39 is 5.82 Å². The average Bonchev–Trinajstić information content (AvgIpc) is 2.37. The van der Waals surface area contributed by atoms with Crippen molar-refractivity contribution in [3.8, 4) is 6.07 Å². The van der Waals surface area contributed by atoms with Crippen LogP contribution in [0.15, 0.2) is 18.2 Å². The molecule has 5 heteroatoms. The maximum atomic E-state index is 13.1. The van der Waals surface area contributed by atoms with Crippen LogP contribution in [0.5, 0.6) is 0 Å². The Morgan fingerprint density at radius 3 is 2.84 bits per heavy atom. The number of anilines is 1. The molecule has 2 N–H and O–H groups in total. The van der Waals surface area contributed by atoms with Crippen molar-refractivity contribution in [3.05, 3.63) is 29.6 Å². The van der Waals surface area contributed by atoms with Crippen LogP contribution in [0.1, 0.15) is 25.8 Å². The van der Waals surface area contributed by atoms with Crippen molar-refractivity contribution < 1.29 is 9.18 Å². The standard InChI is InChI=1S/C14H18FN3O/c1-10(2)5-6-17-14(19)9-18-12-3-4-13(15)11(7-12)8-16/h3-4,7,10,18H,5-6,9H2,1-2H3,(H,17,19). The van der Waals surface area contributed by atoms with E-state index in [2.05, 4.69) is 24.5 Å². The van der Waals surface area contributed by atoms with Crippen LogP contribution >= 0.6 is 0 Å². The number of hydrogen-bond donors (Lipinski definition) is 2. The lowest BCUT2D eigenvalue weighted by atomic mass is 10.1. The molecule has 1 aromatic carbocycles. The Morgan fingerprint density at radius 2 is 2.21 bits per heavy atom. The molecule has 0 saturated heterocycles. The maximum absolute atomic E-state index is 13.1. The largest absolute Gasteiger partial charge is 0.376 e. The Morgan fingerprint density at radius 1 is 1.47 bits per heavy atom. The summed E-state index contributed by atoms with van der Waals surface area (Å²) in [6.07, 6.45) is 0.931. The van der Waals surface area contributed by atoms with Crippen LogP contribution in [0.3, 0.4) is 0 Å². The summed E-state index contributed by atoms with van der Waals surface area (Å²) in [7, 11) is 0. The topological polar surface area (TPSA) is 64.9 Å². The number of rotatable bonds is 6. The summed E-state index contributed by atoms with van der Waals surface area (Å²) in [6, 6.07) is 5.84. The molecule has 4 nitrogen and oxygen atoms in total. The number of nitrogens with one attached hydrogen (secondary N) is 2. The van der Waals surface area contributed by atoms with Crippen molar-refractivity contribution in [1.29, 1.82) is 5.26 Å². The third-order valence-corrected chi connectivity index (χ3v) is 2.58. The van der Waals surface area contributed by atoms with Crippen LogP contribution in [0, 0.1) is 23.1 Å². The Labute approximate surface area is 112 Å². The molecule has 0 aliphatic heterocycles. The smallest absolute Gasteiger partial charge is 0.239 e. The highest BCUT2D eigenvalue weighted by atomic mass is 19.1. The van der Waals surface area contributed by atoms with Gasteiger partial charge in [-0.2, -0.15) is 5.26 Å². The maximum Gasteiger partial charge on any atom is 0.239 e. The summed E-state index contributed by atoms with van der Waals surface area (Å²) >= 11 is 0. The number of nitriles is 1. The Balaban J connectivity index is 2.40. The fourth-order valence-corrected chi connectivity index (χ4v) is 1.47. The van der Waals surface area contributed by atoms with Crippen LogP contribution in [0.2, 0.25) is 0 Å². The predicted molar refractivity (Wildman–Crippen MR) is 72.1 cm³/mol. The molecule has 0 atom stereocenters. The second-order valence-corrected chi connectivity index (χ2v) is 4.69. The van der Waals surface area contributed by atoms with E-state index in [1.54, 1.807) is 6.07 Å². The molecule has 0 aliphatic carbocycles. The van der Waals surface area contributed by atoms with Crippen molar-refractivity contribution in [2.24, 2.45) is 5.92 Å². The van der Waals surface area contributed by atoms with Crippen molar-refractivity contribution in [1.82, 2.24) is 5.32 Å². The lowest BCUT2D eigenvalue weighted by Crippen LogP contribution is -2.31. The second kappa shape index (κ2) is 7.37. The van der Waals surface area contributed by atoms with Crippen LogP contribution < -0.4 is 10.6 Å². The van der Waals surface area contributed by atoms with Gasteiger partial charge in [-0.1, -0.05) is 13.8 Å². The minimum absolute atomic E-state index is 0.0368. The third kappa shape index (κ3) is 5.38. The zero-order valence-corrected chi connectivity index (χ0v) is 11.2.